The lowest BCUT2D eigenvalue weighted by atomic mass is 9.90. The standard InChI is InChI=1S/C28H32N2O5/c1-28(26(32)33)12-13-30(17-28)25(31)15-18-10-11-19(14-18)29-27(34)35-16-24-22-8-4-2-6-20(22)21-7-3-5-9-23(21)24/h2-9,18-19,24H,10-17H2,1H3,(H,29,34)(H,32,33). The van der Waals surface area contributed by atoms with Gasteiger partial charge in [-0.1, -0.05) is 48.5 Å². The molecule has 5 rings (SSSR count). The summed E-state index contributed by atoms with van der Waals surface area (Å²) in [7, 11) is 0. The SMILES string of the molecule is CC1(C(=O)O)CCN(C(=O)CC2CCC(NC(=O)OCC3c4ccccc4-c4ccccc43)C2)C1. The molecule has 1 aliphatic heterocycles. The van der Waals surface area contributed by atoms with Crippen molar-refractivity contribution in [3.05, 3.63) is 59.7 Å². The van der Waals surface area contributed by atoms with Crippen LogP contribution >= 0.6 is 0 Å². The van der Waals surface area contributed by atoms with Crippen molar-refractivity contribution in [1.29, 1.82) is 0 Å². The van der Waals surface area contributed by atoms with Gasteiger partial charge >= 0.3 is 12.1 Å². The third kappa shape index (κ3) is 4.64. The minimum absolute atomic E-state index is 0.00804. The van der Waals surface area contributed by atoms with Crippen molar-refractivity contribution in [2.45, 2.75) is 51.0 Å². The number of alkyl carbamates (subject to hydrolysis) is 1. The van der Waals surface area contributed by atoms with Gasteiger partial charge in [0.1, 0.15) is 6.61 Å². The number of amides is 2. The van der Waals surface area contributed by atoms with Gasteiger partial charge in [-0.2, -0.15) is 0 Å². The number of rotatable bonds is 6. The summed E-state index contributed by atoms with van der Waals surface area (Å²) in [5, 5.41) is 12.4. The van der Waals surface area contributed by atoms with Gasteiger partial charge in [0, 0.05) is 31.5 Å². The average molecular weight is 477 g/mol. The number of nitrogens with zero attached hydrogens (tertiary/aromatic N) is 1. The number of nitrogens with one attached hydrogen (secondary N) is 1. The molecule has 7 nitrogen and oxygen atoms in total. The molecular weight excluding hydrogens is 444 g/mol. The summed E-state index contributed by atoms with van der Waals surface area (Å²) >= 11 is 0. The molecule has 0 spiro atoms. The molecule has 2 aromatic carbocycles. The van der Waals surface area contributed by atoms with Gasteiger partial charge in [0.05, 0.1) is 5.41 Å². The molecule has 3 unspecified atom stereocenters. The van der Waals surface area contributed by atoms with Gasteiger partial charge in [0.15, 0.2) is 0 Å². The Morgan fingerprint density at radius 1 is 1.06 bits per heavy atom. The van der Waals surface area contributed by atoms with Crippen LogP contribution in [0, 0.1) is 11.3 Å². The minimum Gasteiger partial charge on any atom is -0.481 e. The van der Waals surface area contributed by atoms with Crippen LogP contribution in [0.5, 0.6) is 0 Å². The van der Waals surface area contributed by atoms with E-state index in [9.17, 15) is 19.5 Å². The maximum Gasteiger partial charge on any atom is 0.407 e. The van der Waals surface area contributed by atoms with Crippen LogP contribution in [-0.2, 0) is 14.3 Å². The van der Waals surface area contributed by atoms with E-state index in [1.54, 1.807) is 11.8 Å². The minimum atomic E-state index is -0.848. The second kappa shape index (κ2) is 9.36. The van der Waals surface area contributed by atoms with E-state index >= 15 is 0 Å². The lowest BCUT2D eigenvalue weighted by Crippen LogP contribution is -2.36. The van der Waals surface area contributed by atoms with E-state index in [4.69, 9.17) is 4.74 Å². The number of carbonyl (C=O) groups is 3. The maximum atomic E-state index is 12.7. The predicted molar refractivity (Wildman–Crippen MR) is 131 cm³/mol. The van der Waals surface area contributed by atoms with Gasteiger partial charge in [-0.15, -0.1) is 0 Å². The highest BCUT2D eigenvalue weighted by Crippen LogP contribution is 2.44. The Kier molecular flexibility index (Phi) is 6.26. The smallest absolute Gasteiger partial charge is 0.407 e. The Labute approximate surface area is 205 Å². The zero-order chi connectivity index (χ0) is 24.6. The van der Waals surface area contributed by atoms with Gasteiger partial charge in [0.25, 0.3) is 0 Å². The molecule has 1 heterocycles. The summed E-state index contributed by atoms with van der Waals surface area (Å²) in [4.78, 5) is 38.4. The lowest BCUT2D eigenvalue weighted by Gasteiger charge is -2.21. The highest BCUT2D eigenvalue weighted by Gasteiger charge is 2.42. The van der Waals surface area contributed by atoms with E-state index < -0.39 is 17.5 Å². The number of carbonyl (C=O) groups excluding carboxylic acids is 2. The number of likely N-dealkylation sites (tertiary alicyclic amines) is 1. The van der Waals surface area contributed by atoms with Crippen LogP contribution in [0.1, 0.15) is 56.1 Å². The number of fused-ring (bicyclic) bond motifs is 3. The van der Waals surface area contributed by atoms with Crippen LogP contribution in [0.15, 0.2) is 48.5 Å². The first-order valence-electron chi connectivity index (χ1n) is 12.5. The van der Waals surface area contributed by atoms with Crippen molar-refractivity contribution in [2.24, 2.45) is 11.3 Å². The molecule has 3 atom stereocenters. The topological polar surface area (TPSA) is 95.9 Å². The molecule has 2 N–H and O–H groups in total. The van der Waals surface area contributed by atoms with E-state index in [0.29, 0.717) is 19.4 Å². The summed E-state index contributed by atoms with van der Waals surface area (Å²) in [5.41, 5.74) is 3.91. The molecule has 35 heavy (non-hydrogen) atoms. The van der Waals surface area contributed by atoms with E-state index in [0.717, 1.165) is 19.3 Å². The Balaban J connectivity index is 1.10. The molecule has 1 saturated heterocycles. The summed E-state index contributed by atoms with van der Waals surface area (Å²) in [6.07, 6.45) is 2.89. The number of hydrogen-bond acceptors (Lipinski definition) is 4. The Bertz CT molecular complexity index is 1100. The Hall–Kier alpha value is -3.35. The molecule has 2 aromatic rings. The third-order valence-electron chi connectivity index (χ3n) is 8.01. The zero-order valence-corrected chi connectivity index (χ0v) is 20.0. The highest BCUT2D eigenvalue weighted by molar-refractivity contribution is 5.81. The molecule has 0 radical (unpaired) electrons. The summed E-state index contributed by atoms with van der Waals surface area (Å²) in [5.74, 6) is -0.611. The molecule has 2 fully saturated rings. The molecule has 0 bridgehead atoms. The van der Waals surface area contributed by atoms with Gasteiger partial charge in [-0.3, -0.25) is 9.59 Å². The number of ether oxygens (including phenoxy) is 1. The van der Waals surface area contributed by atoms with Crippen LogP contribution in [-0.4, -0.2) is 53.7 Å². The Morgan fingerprint density at radius 3 is 2.34 bits per heavy atom. The second-order valence-electron chi connectivity index (χ2n) is 10.5. The first kappa shape index (κ1) is 23.4. The van der Waals surface area contributed by atoms with Crippen LogP contribution < -0.4 is 5.32 Å². The van der Waals surface area contributed by atoms with Crippen molar-refractivity contribution in [2.75, 3.05) is 19.7 Å². The molecule has 1 saturated carbocycles. The molecule has 2 amide bonds. The van der Waals surface area contributed by atoms with Crippen LogP contribution in [0.4, 0.5) is 4.79 Å². The Morgan fingerprint density at radius 2 is 1.71 bits per heavy atom. The van der Waals surface area contributed by atoms with Crippen molar-refractivity contribution in [3.63, 3.8) is 0 Å². The maximum absolute atomic E-state index is 12.7. The van der Waals surface area contributed by atoms with E-state index in [1.165, 1.54) is 22.3 Å². The highest BCUT2D eigenvalue weighted by atomic mass is 16.5. The predicted octanol–water partition coefficient (Wildman–Crippen LogP) is 4.41. The van der Waals surface area contributed by atoms with E-state index in [-0.39, 0.29) is 36.9 Å². The van der Waals surface area contributed by atoms with Crippen molar-refractivity contribution < 1.29 is 24.2 Å². The molecule has 3 aliphatic rings. The van der Waals surface area contributed by atoms with Crippen molar-refractivity contribution in [3.8, 4) is 11.1 Å². The first-order valence-corrected chi connectivity index (χ1v) is 12.5. The summed E-state index contributed by atoms with van der Waals surface area (Å²) < 4.78 is 5.66. The summed E-state index contributed by atoms with van der Waals surface area (Å²) in [6.45, 7) is 2.75. The van der Waals surface area contributed by atoms with E-state index in [2.05, 4.69) is 29.6 Å². The molecule has 0 aromatic heterocycles. The second-order valence-corrected chi connectivity index (χ2v) is 10.5. The number of aliphatic carboxylic acids is 1. The third-order valence-corrected chi connectivity index (χ3v) is 8.01. The fourth-order valence-corrected chi connectivity index (χ4v) is 5.92. The van der Waals surface area contributed by atoms with Crippen LogP contribution in [0.25, 0.3) is 11.1 Å². The van der Waals surface area contributed by atoms with E-state index in [1.807, 2.05) is 24.3 Å². The monoisotopic (exact) mass is 476 g/mol. The fourth-order valence-electron chi connectivity index (χ4n) is 5.92. The van der Waals surface area contributed by atoms with Gasteiger partial charge < -0.3 is 20.1 Å². The van der Waals surface area contributed by atoms with Crippen molar-refractivity contribution >= 4 is 18.0 Å². The van der Waals surface area contributed by atoms with Gasteiger partial charge in [0.2, 0.25) is 5.91 Å². The number of hydrogen-bond donors (Lipinski definition) is 2. The van der Waals surface area contributed by atoms with Crippen LogP contribution in [0.2, 0.25) is 0 Å². The average Bonchev–Trinajstić information content (AvgIpc) is 3.54. The zero-order valence-electron chi connectivity index (χ0n) is 20.0. The molecule has 7 heteroatoms. The first-order chi connectivity index (χ1) is 16.8. The van der Waals surface area contributed by atoms with Gasteiger partial charge in [-0.05, 0) is 60.8 Å². The lowest BCUT2D eigenvalue weighted by molar-refractivity contribution is -0.147. The molecular formula is C28H32N2O5. The fraction of sp³-hybridized carbons (Fsp3) is 0.464. The number of benzene rings is 2. The molecule has 184 valence electrons. The molecule has 2 aliphatic carbocycles. The normalized spacial score (nSPS) is 25.2. The summed E-state index contributed by atoms with van der Waals surface area (Å²) in [6, 6.07) is 16.5. The quantitative estimate of drug-likeness (QED) is 0.644. The largest absolute Gasteiger partial charge is 0.481 e. The van der Waals surface area contributed by atoms with Crippen molar-refractivity contribution in [1.82, 2.24) is 10.2 Å². The van der Waals surface area contributed by atoms with Crippen LogP contribution in [0.3, 0.4) is 0 Å². The van der Waals surface area contributed by atoms with Gasteiger partial charge in [-0.25, -0.2) is 4.79 Å². The number of carboxylic acid groups (broad SMARTS) is 1. The number of carboxylic acids is 1.